The van der Waals surface area contributed by atoms with Crippen molar-refractivity contribution in [3.8, 4) is 0 Å². The fourth-order valence-electron chi connectivity index (χ4n) is 3.14. The van der Waals surface area contributed by atoms with Gasteiger partial charge < -0.3 is 11.3 Å². The molecule has 3 rings (SSSR count). The van der Waals surface area contributed by atoms with E-state index in [1.807, 2.05) is 18.2 Å². The summed E-state index contributed by atoms with van der Waals surface area (Å²) in [7, 11) is 0. The minimum Gasteiger partial charge on any atom is -0.361 e. The molecule has 1 aliphatic heterocycles. The summed E-state index contributed by atoms with van der Waals surface area (Å²) in [5.41, 5.74) is 4.76. The first kappa shape index (κ1) is 61.4. The van der Waals surface area contributed by atoms with Crippen LogP contribution in [0.5, 0.6) is 0 Å². The van der Waals surface area contributed by atoms with Crippen molar-refractivity contribution in [2.45, 2.75) is 45.6 Å². The van der Waals surface area contributed by atoms with Crippen LogP contribution >= 0.6 is 0 Å². The average Bonchev–Trinajstić information content (AvgIpc) is 2.79. The van der Waals surface area contributed by atoms with E-state index in [2.05, 4.69) is 63.3 Å². The van der Waals surface area contributed by atoms with Crippen LogP contribution < -0.4 is 4.90 Å². The van der Waals surface area contributed by atoms with Gasteiger partial charge in [0.1, 0.15) is 0 Å². The van der Waals surface area contributed by atoms with Gasteiger partial charge in [0.25, 0.3) is 0 Å². The van der Waals surface area contributed by atoms with Gasteiger partial charge in [0.05, 0.1) is 1.37 Å². The molecule has 2 aromatic carbocycles. The van der Waals surface area contributed by atoms with Crippen molar-refractivity contribution in [3.05, 3.63) is 66.1 Å². The Morgan fingerprint density at radius 3 is 1.94 bits per heavy atom. The molecule has 3 atom stereocenters. The van der Waals surface area contributed by atoms with Crippen molar-refractivity contribution >= 4 is 11.4 Å². The number of para-hydroxylation sites is 1. The van der Waals surface area contributed by atoms with Gasteiger partial charge in [-0.15, -0.1) is 12.1 Å². The normalized spacial score (nSPS) is 15.0. The summed E-state index contributed by atoms with van der Waals surface area (Å²) >= 11 is 0. The van der Waals surface area contributed by atoms with Gasteiger partial charge in [0.2, 0.25) is 0 Å². The van der Waals surface area contributed by atoms with Crippen LogP contribution in [0.4, 0.5) is 11.4 Å². The maximum Gasteiger partial charge on any atom is 0.0626 e. The monoisotopic (exact) mass is 1260 g/mol. The Labute approximate surface area is 475 Å². The molecule has 0 spiro atoms. The van der Waals surface area contributed by atoms with Crippen molar-refractivity contribution in [1.82, 2.24) is 0 Å². The second-order valence-electron chi connectivity index (χ2n) is 5.99. The molecule has 1 heterocycles. The molecule has 12 heteroatoms. The number of nitrogens with zero attached hydrogens (tertiary/aromatic N) is 1. The summed E-state index contributed by atoms with van der Waals surface area (Å²) < 4.78 is 8.23. The fourth-order valence-corrected chi connectivity index (χ4v) is 3.14. The molecule has 0 saturated heterocycles. The second-order valence-corrected chi connectivity index (χ2v) is 5.99. The van der Waals surface area contributed by atoms with Crippen LogP contribution in [0.25, 0.3) is 0 Å². The zero-order chi connectivity index (χ0) is 15.9. The number of hydrogen-bond donors (Lipinski definition) is 0. The number of fused-ring (bicyclic) bond motifs is 1. The SMILES string of the molecule is [3H]c1cccc2c1[C@H](C)[C@H](C)N2c1cc[c-]c([C@H](C)[CH-]C)c1.[Y].[Y].[Y].[Y].[Y].[Y].[Y].[Y].[Y].[Y].[Y]. The summed E-state index contributed by atoms with van der Waals surface area (Å²) in [5.74, 6) is 0.767. The molecular formula is C20H23NY11-2. The summed E-state index contributed by atoms with van der Waals surface area (Å²) in [6.07, 6.45) is 2.20. The maximum atomic E-state index is 8.23. The predicted octanol–water partition coefficient (Wildman–Crippen LogP) is 5.43. The second kappa shape index (κ2) is 35.9. The van der Waals surface area contributed by atoms with Gasteiger partial charge >= 0.3 is 0 Å². The Kier molecular flexibility index (Phi) is 68.8. The third-order valence-corrected chi connectivity index (χ3v) is 4.79. The van der Waals surface area contributed by atoms with E-state index >= 15 is 0 Å². The van der Waals surface area contributed by atoms with Gasteiger partial charge in [-0.05, 0) is 18.6 Å². The zero-order valence-corrected chi connectivity index (χ0v) is 50.8. The van der Waals surface area contributed by atoms with Gasteiger partial charge in [0, 0.05) is 377 Å². The first-order valence-corrected chi connectivity index (χ1v) is 7.74. The van der Waals surface area contributed by atoms with E-state index in [4.69, 9.17) is 1.37 Å². The topological polar surface area (TPSA) is 3.24 Å². The van der Waals surface area contributed by atoms with Gasteiger partial charge in [-0.25, -0.2) is 0 Å². The summed E-state index contributed by atoms with van der Waals surface area (Å²) in [6.45, 7) is 8.75. The Hall–Kier alpha value is 10.4. The zero-order valence-electron chi connectivity index (χ0n) is 20.6. The summed E-state index contributed by atoms with van der Waals surface area (Å²) in [4.78, 5) is 2.37. The molecule has 1 aliphatic rings. The Morgan fingerprint density at radius 2 is 1.44 bits per heavy atom. The van der Waals surface area contributed by atoms with E-state index in [1.54, 1.807) is 0 Å². The molecule has 1 nitrogen and oxygen atoms in total. The molecule has 2 aromatic rings. The minimum absolute atomic E-state index is 0. The molecule has 11 radical (unpaired) electrons. The number of rotatable bonds is 3. The van der Waals surface area contributed by atoms with Crippen molar-refractivity contribution in [1.29, 1.82) is 0 Å². The predicted molar refractivity (Wildman–Crippen MR) is 90.1 cm³/mol. The number of anilines is 2. The number of hydrogen-bond acceptors (Lipinski definition) is 1. The molecule has 0 aliphatic carbocycles. The first-order valence-electron chi connectivity index (χ1n) is 8.24. The minimum atomic E-state index is 0. The smallest absolute Gasteiger partial charge is 0.0626 e. The Bertz CT molecular complexity index is 709. The molecular weight excluding hydrogens is 1230 g/mol. The van der Waals surface area contributed by atoms with Crippen LogP contribution in [0.3, 0.4) is 0 Å². The van der Waals surface area contributed by atoms with Crippen LogP contribution in [-0.2, 0) is 360 Å². The van der Waals surface area contributed by atoms with Crippen LogP contribution in [-0.4, -0.2) is 6.04 Å². The van der Waals surface area contributed by atoms with Crippen LogP contribution in [0.1, 0.15) is 52.0 Å². The van der Waals surface area contributed by atoms with Gasteiger partial charge in [0.15, 0.2) is 0 Å². The first-order chi connectivity index (χ1) is 10.5. The van der Waals surface area contributed by atoms with E-state index < -0.39 is 0 Å². The third-order valence-electron chi connectivity index (χ3n) is 4.79. The molecule has 0 amide bonds. The van der Waals surface area contributed by atoms with Crippen LogP contribution in [0.15, 0.2) is 42.4 Å². The van der Waals surface area contributed by atoms with E-state index in [9.17, 15) is 0 Å². The number of benzene rings is 2. The molecule has 0 bridgehead atoms. The van der Waals surface area contributed by atoms with Gasteiger partial charge in [-0.1, -0.05) is 37.7 Å². The standard InChI is InChI=1S/C20H23N.11Y/c1-5-14(2)17-9-8-10-18(13-17)21-16(4)15(3)19-11-6-7-12-20(19)21;;;;;;;;;;;/h5-8,10-16H,1-4H3;;;;;;;;;;;/q-2;;;;;;;;;;;/t14-,15-,16+;;;;;;;;;;;/m1.........../s1/i11T;;;;;;;;;;;. The van der Waals surface area contributed by atoms with E-state index in [0.29, 0.717) is 23.9 Å². The van der Waals surface area contributed by atoms with Crippen LogP contribution in [0.2, 0.25) is 0 Å². The molecule has 0 fully saturated rings. The third kappa shape index (κ3) is 19.0. The largest absolute Gasteiger partial charge is 0.361 e. The van der Waals surface area contributed by atoms with Crippen molar-refractivity contribution in [2.75, 3.05) is 4.90 Å². The van der Waals surface area contributed by atoms with E-state index in [1.165, 1.54) is 22.5 Å². The molecule has 32 heavy (non-hydrogen) atoms. The van der Waals surface area contributed by atoms with Gasteiger partial charge in [-0.2, -0.15) is 30.5 Å². The molecule has 0 unspecified atom stereocenters. The average molecular weight is 1260 g/mol. The van der Waals surface area contributed by atoms with Crippen molar-refractivity contribution in [3.63, 3.8) is 0 Å². The fraction of sp³-hybridized carbons (Fsp3) is 0.350. The Balaban J connectivity index is -0.0000000748. The van der Waals surface area contributed by atoms with Crippen LogP contribution in [0, 0.1) is 12.5 Å². The maximum absolute atomic E-state index is 8.23. The van der Waals surface area contributed by atoms with Crippen molar-refractivity contribution in [2.24, 2.45) is 0 Å². The van der Waals surface area contributed by atoms with Crippen molar-refractivity contribution < 1.29 is 361 Å². The molecule has 143 valence electrons. The van der Waals surface area contributed by atoms with Gasteiger partial charge in [-0.3, -0.25) is 0 Å². The van der Waals surface area contributed by atoms with E-state index in [0.717, 1.165) is 0 Å². The quantitative estimate of drug-likeness (QED) is 0.372. The molecule has 0 aromatic heterocycles. The Morgan fingerprint density at radius 1 is 0.906 bits per heavy atom. The molecule has 0 saturated carbocycles. The summed E-state index contributed by atoms with van der Waals surface area (Å²) in [6, 6.07) is 16.8. The summed E-state index contributed by atoms with van der Waals surface area (Å²) in [5, 5.41) is 0. The van der Waals surface area contributed by atoms with E-state index in [-0.39, 0.29) is 360 Å². The molecule has 0 N–H and O–H groups in total.